The number of amides is 1. The third-order valence-electron chi connectivity index (χ3n) is 4.35. The summed E-state index contributed by atoms with van der Waals surface area (Å²) in [6.45, 7) is 5.58. The van der Waals surface area contributed by atoms with Crippen molar-refractivity contribution in [2.24, 2.45) is 5.92 Å². The molecule has 1 aromatic carbocycles. The maximum Gasteiger partial charge on any atom is 0.284 e. The quantitative estimate of drug-likeness (QED) is 0.727. The highest BCUT2D eigenvalue weighted by molar-refractivity contribution is 6.04. The van der Waals surface area contributed by atoms with Gasteiger partial charge in [-0.15, -0.1) is 0 Å². The van der Waals surface area contributed by atoms with Gasteiger partial charge in [0, 0.05) is 24.9 Å². The van der Waals surface area contributed by atoms with Crippen molar-refractivity contribution in [1.82, 2.24) is 9.78 Å². The molecule has 0 saturated carbocycles. The Morgan fingerprint density at radius 3 is 2.93 bits per heavy atom. The van der Waals surface area contributed by atoms with Gasteiger partial charge in [0.2, 0.25) is 0 Å². The van der Waals surface area contributed by atoms with Gasteiger partial charge in [0.1, 0.15) is 12.4 Å². The minimum atomic E-state index is -2.77. The van der Waals surface area contributed by atoms with Crippen molar-refractivity contribution in [2.45, 2.75) is 45.8 Å². The molecular formula is C20H25F2N3O3. The Bertz CT molecular complexity index is 802. The Morgan fingerprint density at radius 2 is 2.25 bits per heavy atom. The van der Waals surface area contributed by atoms with E-state index in [-0.39, 0.29) is 17.7 Å². The van der Waals surface area contributed by atoms with E-state index in [0.29, 0.717) is 24.5 Å². The van der Waals surface area contributed by atoms with Crippen molar-refractivity contribution >= 4 is 11.6 Å². The molecule has 1 atom stereocenters. The summed E-state index contributed by atoms with van der Waals surface area (Å²) in [5.74, 6) is 0.285. The fourth-order valence-corrected chi connectivity index (χ4v) is 3.05. The van der Waals surface area contributed by atoms with Gasteiger partial charge in [-0.25, -0.2) is 8.78 Å². The smallest absolute Gasteiger partial charge is 0.284 e. The number of hydrogen-bond donors (Lipinski definition) is 1. The van der Waals surface area contributed by atoms with Gasteiger partial charge in [0.25, 0.3) is 12.3 Å². The van der Waals surface area contributed by atoms with Gasteiger partial charge in [-0.2, -0.15) is 5.10 Å². The van der Waals surface area contributed by atoms with Crippen molar-refractivity contribution < 1.29 is 23.0 Å². The molecule has 0 spiro atoms. The average Bonchev–Trinajstić information content (AvgIpc) is 3.29. The summed E-state index contributed by atoms with van der Waals surface area (Å²) < 4.78 is 39.2. The van der Waals surface area contributed by atoms with E-state index in [2.05, 4.69) is 10.4 Å². The Labute approximate surface area is 162 Å². The molecule has 1 aliphatic rings. The molecule has 3 rings (SSSR count). The molecule has 0 bridgehead atoms. The van der Waals surface area contributed by atoms with E-state index in [4.69, 9.17) is 9.47 Å². The number of anilines is 1. The number of benzene rings is 1. The molecule has 1 saturated heterocycles. The molecule has 6 nitrogen and oxygen atoms in total. The second-order valence-electron chi connectivity index (χ2n) is 7.27. The first-order valence-corrected chi connectivity index (χ1v) is 9.43. The lowest BCUT2D eigenvalue weighted by Gasteiger charge is -2.12. The Kier molecular flexibility index (Phi) is 6.61. The zero-order chi connectivity index (χ0) is 20.1. The van der Waals surface area contributed by atoms with Gasteiger partial charge in [0.15, 0.2) is 5.69 Å². The highest BCUT2D eigenvalue weighted by atomic mass is 19.3. The molecule has 28 heavy (non-hydrogen) atoms. The van der Waals surface area contributed by atoms with Crippen molar-refractivity contribution in [3.8, 4) is 5.75 Å². The van der Waals surface area contributed by atoms with Gasteiger partial charge in [-0.3, -0.25) is 9.48 Å². The second-order valence-corrected chi connectivity index (χ2v) is 7.27. The minimum Gasteiger partial charge on any atom is -0.491 e. The van der Waals surface area contributed by atoms with Crippen LogP contribution in [0.4, 0.5) is 14.5 Å². The molecule has 1 N–H and O–H groups in total. The topological polar surface area (TPSA) is 65.4 Å². The van der Waals surface area contributed by atoms with E-state index in [9.17, 15) is 13.6 Å². The van der Waals surface area contributed by atoms with Gasteiger partial charge >= 0.3 is 0 Å². The van der Waals surface area contributed by atoms with E-state index in [0.717, 1.165) is 19.4 Å². The lowest BCUT2D eigenvalue weighted by atomic mass is 10.2. The van der Waals surface area contributed by atoms with Crippen LogP contribution in [-0.4, -0.2) is 35.0 Å². The molecule has 0 aliphatic carbocycles. The van der Waals surface area contributed by atoms with Gasteiger partial charge < -0.3 is 14.8 Å². The van der Waals surface area contributed by atoms with E-state index in [1.54, 1.807) is 24.3 Å². The molecule has 0 unspecified atom stereocenters. The first-order valence-electron chi connectivity index (χ1n) is 9.43. The third kappa shape index (κ3) is 5.28. The number of nitrogens with zero attached hydrogens (tertiary/aromatic N) is 2. The number of aromatic nitrogens is 2. The molecule has 0 radical (unpaired) electrons. The molecule has 1 fully saturated rings. The average molecular weight is 393 g/mol. The number of rotatable bonds is 8. The predicted octanol–water partition coefficient (Wildman–Crippen LogP) is 4.29. The van der Waals surface area contributed by atoms with Crippen LogP contribution in [0.3, 0.4) is 0 Å². The normalized spacial score (nSPS) is 16.7. The Balaban J connectivity index is 1.68. The summed E-state index contributed by atoms with van der Waals surface area (Å²) >= 11 is 0. The minimum absolute atomic E-state index is 0.0197. The van der Waals surface area contributed by atoms with E-state index in [1.165, 1.54) is 10.9 Å². The van der Waals surface area contributed by atoms with E-state index >= 15 is 0 Å². The van der Waals surface area contributed by atoms with Crippen LogP contribution in [0.5, 0.6) is 5.75 Å². The highest BCUT2D eigenvalue weighted by Gasteiger charge is 2.21. The number of halogens is 2. The van der Waals surface area contributed by atoms with Gasteiger partial charge in [-0.05, 0) is 37.0 Å². The number of ether oxygens (including phenoxy) is 2. The number of carbonyl (C=O) groups excluding carboxylic acids is 1. The molecule has 152 valence electrons. The van der Waals surface area contributed by atoms with Crippen LogP contribution >= 0.6 is 0 Å². The lowest BCUT2D eigenvalue weighted by molar-refractivity contribution is 0.0679. The van der Waals surface area contributed by atoms with Crippen LogP contribution < -0.4 is 10.1 Å². The molecular weight excluding hydrogens is 368 g/mol. The Morgan fingerprint density at radius 1 is 1.43 bits per heavy atom. The fraction of sp³-hybridized carbons (Fsp3) is 0.500. The van der Waals surface area contributed by atoms with Crippen LogP contribution in [-0.2, 0) is 11.3 Å². The monoisotopic (exact) mass is 393 g/mol. The van der Waals surface area contributed by atoms with Crippen LogP contribution in [0.25, 0.3) is 0 Å². The molecule has 1 amide bonds. The fourth-order valence-electron chi connectivity index (χ4n) is 3.05. The summed E-state index contributed by atoms with van der Waals surface area (Å²) in [5.41, 5.74) is -0.0900. The number of alkyl halides is 2. The number of nitrogens with one attached hydrogen (secondary N) is 1. The van der Waals surface area contributed by atoms with E-state index in [1.807, 2.05) is 13.8 Å². The standard InChI is InChI=1S/C20H25F2N3O3/c1-13(2)10-25-11-17(18(24-25)19(21)22)23-20(26)14-5-3-6-15(9-14)28-12-16-7-4-8-27-16/h3,5-6,9,11,13,16,19H,4,7-8,10,12H2,1-2H3,(H,23,26)/t16-/m0/s1. The summed E-state index contributed by atoms with van der Waals surface area (Å²) in [5, 5.41) is 6.44. The van der Waals surface area contributed by atoms with Crippen LogP contribution in [0, 0.1) is 5.92 Å². The first-order chi connectivity index (χ1) is 13.4. The molecule has 8 heteroatoms. The van der Waals surface area contributed by atoms with Crippen LogP contribution in [0.2, 0.25) is 0 Å². The molecule has 1 aromatic heterocycles. The van der Waals surface area contributed by atoms with Crippen LogP contribution in [0.15, 0.2) is 30.5 Å². The molecule has 2 aromatic rings. The lowest BCUT2D eigenvalue weighted by Crippen LogP contribution is -2.17. The SMILES string of the molecule is CC(C)Cn1cc(NC(=O)c2cccc(OC[C@@H]3CCCO3)c2)c(C(F)F)n1. The predicted molar refractivity (Wildman–Crippen MR) is 101 cm³/mol. The van der Waals surface area contributed by atoms with Gasteiger partial charge in [-0.1, -0.05) is 19.9 Å². The zero-order valence-corrected chi connectivity index (χ0v) is 16.0. The van der Waals surface area contributed by atoms with Crippen molar-refractivity contribution in [2.75, 3.05) is 18.5 Å². The summed E-state index contributed by atoms with van der Waals surface area (Å²) in [4.78, 5) is 12.6. The first kappa shape index (κ1) is 20.3. The molecule has 1 aliphatic heterocycles. The van der Waals surface area contributed by atoms with Crippen LogP contribution in [0.1, 0.15) is 49.2 Å². The number of hydrogen-bond acceptors (Lipinski definition) is 4. The van der Waals surface area contributed by atoms with Crippen molar-refractivity contribution in [3.63, 3.8) is 0 Å². The summed E-state index contributed by atoms with van der Waals surface area (Å²) in [6, 6.07) is 6.63. The second kappa shape index (κ2) is 9.14. The van der Waals surface area contributed by atoms with Crippen molar-refractivity contribution in [3.05, 3.63) is 41.7 Å². The third-order valence-corrected chi connectivity index (χ3v) is 4.35. The van der Waals surface area contributed by atoms with Crippen molar-refractivity contribution in [1.29, 1.82) is 0 Å². The summed E-state index contributed by atoms with van der Waals surface area (Å²) in [7, 11) is 0. The zero-order valence-electron chi connectivity index (χ0n) is 16.0. The summed E-state index contributed by atoms with van der Waals surface area (Å²) in [6.07, 6.45) is 0.712. The maximum atomic E-state index is 13.3. The maximum absolute atomic E-state index is 13.3. The largest absolute Gasteiger partial charge is 0.491 e. The highest BCUT2D eigenvalue weighted by Crippen LogP contribution is 2.27. The Hall–Kier alpha value is -2.48. The molecule has 2 heterocycles. The number of carbonyl (C=O) groups is 1. The van der Waals surface area contributed by atoms with E-state index < -0.39 is 18.0 Å². The van der Waals surface area contributed by atoms with Gasteiger partial charge in [0.05, 0.1) is 11.8 Å².